The monoisotopic (exact) mass is 451 g/mol. The van der Waals surface area contributed by atoms with Gasteiger partial charge in [-0.1, -0.05) is 57.0 Å². The second-order valence-corrected chi connectivity index (χ2v) is 7.63. The zero-order valence-corrected chi connectivity index (χ0v) is 17.7. The Balaban J connectivity index is 0.00000961. The molecule has 1 aromatic carbocycles. The Morgan fingerprint density at radius 3 is 2.41 bits per heavy atom. The number of carbonyl (C=O) groups is 2. The average molecular weight is 451 g/mol. The molecule has 1 amide bonds. The van der Waals surface area contributed by atoms with Gasteiger partial charge in [-0.25, -0.2) is 15.1 Å². The largest absolute Gasteiger partial charge is 0.475 e. The smallest absolute Gasteiger partial charge is 0.426 e. The van der Waals surface area contributed by atoms with Gasteiger partial charge in [0.25, 0.3) is 5.96 Å². The first kappa shape index (κ1) is 29.0. The maximum absolute atomic E-state index is 12.8. The molecule has 0 aliphatic heterocycles. The standard InChI is InChI=1S/C19H30BN5O6.CH4/c1-13(2)11-17(20(28)29)23-18(27)15(9-6-10-22-19(21)24-25(30)31)12-16(26)14-7-4-3-5-8-14;/h3-5,7-8,13,15,17,28-29H,6,9-12H2,1-2H3,(H,23,27)(H3,21,22,24);1H4/t15-,17+;/m1./s1. The molecule has 178 valence electrons. The number of ketones is 1. The van der Waals surface area contributed by atoms with E-state index in [9.17, 15) is 29.8 Å². The lowest BCUT2D eigenvalue weighted by Gasteiger charge is -2.23. The van der Waals surface area contributed by atoms with E-state index >= 15 is 0 Å². The molecular formula is C20H34BN5O6. The number of nitrogens with one attached hydrogen (secondary N) is 2. The minimum Gasteiger partial charge on any atom is -0.426 e. The van der Waals surface area contributed by atoms with Crippen molar-refractivity contribution >= 4 is 24.8 Å². The second kappa shape index (κ2) is 14.9. The van der Waals surface area contributed by atoms with Crippen molar-refractivity contribution in [3.05, 3.63) is 46.0 Å². The van der Waals surface area contributed by atoms with Gasteiger partial charge < -0.3 is 21.1 Å². The zero-order chi connectivity index (χ0) is 23.4. The van der Waals surface area contributed by atoms with E-state index in [1.165, 1.54) is 0 Å². The third-order valence-corrected chi connectivity index (χ3v) is 4.51. The van der Waals surface area contributed by atoms with Crippen LogP contribution in [-0.2, 0) is 4.79 Å². The predicted molar refractivity (Wildman–Crippen MR) is 123 cm³/mol. The van der Waals surface area contributed by atoms with Gasteiger partial charge in [0.05, 0.1) is 5.94 Å². The van der Waals surface area contributed by atoms with Gasteiger partial charge in [-0.05, 0) is 25.2 Å². The normalized spacial score (nSPS) is 13.0. The first-order chi connectivity index (χ1) is 14.6. The Morgan fingerprint density at radius 1 is 1.25 bits per heavy atom. The van der Waals surface area contributed by atoms with Crippen molar-refractivity contribution in [1.29, 1.82) is 0 Å². The molecule has 0 heterocycles. The van der Waals surface area contributed by atoms with Crippen molar-refractivity contribution in [3.8, 4) is 0 Å². The van der Waals surface area contributed by atoms with Gasteiger partial charge in [-0.2, -0.15) is 0 Å². The molecule has 0 aliphatic rings. The second-order valence-electron chi connectivity index (χ2n) is 7.63. The summed E-state index contributed by atoms with van der Waals surface area (Å²) in [5, 5.41) is 31.3. The highest BCUT2D eigenvalue weighted by atomic mass is 16.7. The summed E-state index contributed by atoms with van der Waals surface area (Å²) in [7, 11) is -1.73. The number of carbonyl (C=O) groups excluding carboxylic acids is 2. The highest BCUT2D eigenvalue weighted by molar-refractivity contribution is 6.43. The molecule has 0 radical (unpaired) electrons. The van der Waals surface area contributed by atoms with Crippen LogP contribution in [0.3, 0.4) is 0 Å². The summed E-state index contributed by atoms with van der Waals surface area (Å²) in [6.45, 7) is 3.90. The summed E-state index contributed by atoms with van der Waals surface area (Å²) >= 11 is 0. The van der Waals surface area contributed by atoms with Gasteiger partial charge >= 0.3 is 7.12 Å². The molecule has 11 nitrogen and oxygen atoms in total. The molecule has 1 aromatic rings. The van der Waals surface area contributed by atoms with E-state index in [1.54, 1.807) is 35.8 Å². The fourth-order valence-electron chi connectivity index (χ4n) is 3.02. The Kier molecular flexibility index (Phi) is 13.5. The molecule has 0 saturated carbocycles. The van der Waals surface area contributed by atoms with Crippen molar-refractivity contribution in [3.63, 3.8) is 0 Å². The molecule has 0 saturated heterocycles. The number of nitro groups is 1. The first-order valence-electron chi connectivity index (χ1n) is 10.1. The van der Waals surface area contributed by atoms with Crippen molar-refractivity contribution < 1.29 is 24.7 Å². The van der Waals surface area contributed by atoms with Crippen molar-refractivity contribution in [2.75, 3.05) is 6.54 Å². The lowest BCUT2D eigenvalue weighted by Crippen LogP contribution is -2.49. The van der Waals surface area contributed by atoms with Gasteiger partial charge in [-0.15, -0.1) is 0 Å². The summed E-state index contributed by atoms with van der Waals surface area (Å²) in [4.78, 5) is 39.6. The molecule has 0 bridgehead atoms. The van der Waals surface area contributed by atoms with E-state index in [4.69, 9.17) is 5.73 Å². The van der Waals surface area contributed by atoms with Crippen molar-refractivity contribution in [2.24, 2.45) is 22.6 Å². The van der Waals surface area contributed by atoms with Crippen LogP contribution in [0.25, 0.3) is 0 Å². The lowest BCUT2D eigenvalue weighted by molar-refractivity contribution is -0.525. The van der Waals surface area contributed by atoms with E-state index < -0.39 is 29.9 Å². The number of hydrazine groups is 1. The van der Waals surface area contributed by atoms with Crippen LogP contribution in [0.2, 0.25) is 0 Å². The number of hydrogen-bond donors (Lipinski definition) is 5. The lowest BCUT2D eigenvalue weighted by atomic mass is 9.74. The van der Waals surface area contributed by atoms with Crippen molar-refractivity contribution in [2.45, 2.75) is 52.9 Å². The van der Waals surface area contributed by atoms with E-state index in [0.717, 1.165) is 0 Å². The molecule has 0 spiro atoms. The van der Waals surface area contributed by atoms with Crippen LogP contribution in [0.4, 0.5) is 0 Å². The molecule has 0 unspecified atom stereocenters. The van der Waals surface area contributed by atoms with Crippen LogP contribution in [0.1, 0.15) is 57.3 Å². The fourth-order valence-corrected chi connectivity index (χ4v) is 3.02. The maximum atomic E-state index is 12.8. The molecule has 32 heavy (non-hydrogen) atoms. The van der Waals surface area contributed by atoms with Crippen LogP contribution < -0.4 is 16.5 Å². The summed E-state index contributed by atoms with van der Waals surface area (Å²) in [6.07, 6.45) is 0.889. The first-order valence-corrected chi connectivity index (χ1v) is 10.1. The zero-order valence-electron chi connectivity index (χ0n) is 17.7. The Hall–Kier alpha value is -2.99. The van der Waals surface area contributed by atoms with Gasteiger partial charge in [0.2, 0.25) is 5.91 Å². The number of nitrogens with zero attached hydrogens (tertiary/aromatic N) is 2. The van der Waals surface area contributed by atoms with Crippen molar-refractivity contribution in [1.82, 2.24) is 10.7 Å². The molecule has 0 aliphatic carbocycles. The molecule has 12 heteroatoms. The van der Waals surface area contributed by atoms with Gasteiger partial charge in [0.15, 0.2) is 10.8 Å². The fraction of sp³-hybridized carbons (Fsp3) is 0.550. The molecule has 2 atom stereocenters. The molecule has 6 N–H and O–H groups in total. The number of amides is 1. The number of rotatable bonds is 13. The summed E-state index contributed by atoms with van der Waals surface area (Å²) in [5.74, 6) is -2.53. The van der Waals surface area contributed by atoms with Crippen LogP contribution in [0.5, 0.6) is 0 Å². The third kappa shape index (κ3) is 11.4. The van der Waals surface area contributed by atoms with Crippen LogP contribution in [0, 0.1) is 22.0 Å². The summed E-state index contributed by atoms with van der Waals surface area (Å²) in [6, 6.07) is 8.54. The van der Waals surface area contributed by atoms with Crippen LogP contribution >= 0.6 is 0 Å². The summed E-state index contributed by atoms with van der Waals surface area (Å²) < 4.78 is 0. The molecule has 0 fully saturated rings. The van der Waals surface area contributed by atoms with Gasteiger partial charge in [-0.3, -0.25) is 9.59 Å². The molecule has 1 rings (SSSR count). The maximum Gasteiger partial charge on any atom is 0.475 e. The quantitative estimate of drug-likeness (QED) is 0.0559. The van der Waals surface area contributed by atoms with E-state index in [0.29, 0.717) is 18.4 Å². The Bertz CT molecular complexity index is 760. The minimum atomic E-state index is -1.73. The van der Waals surface area contributed by atoms with Crippen LogP contribution in [0.15, 0.2) is 35.3 Å². The third-order valence-electron chi connectivity index (χ3n) is 4.51. The average Bonchev–Trinajstić information content (AvgIpc) is 2.69. The molecule has 0 aromatic heterocycles. The van der Waals surface area contributed by atoms with E-state index in [-0.39, 0.29) is 44.5 Å². The highest BCUT2D eigenvalue weighted by Gasteiger charge is 2.30. The number of hydrogen-bond acceptors (Lipinski definition) is 7. The number of benzene rings is 1. The van der Waals surface area contributed by atoms with E-state index in [2.05, 4.69) is 10.3 Å². The van der Waals surface area contributed by atoms with Gasteiger partial charge in [0, 0.05) is 24.4 Å². The van der Waals surface area contributed by atoms with E-state index in [1.807, 2.05) is 13.8 Å². The number of Topliss-reactive ketones (excluding diaryl/α,β-unsaturated/α-hetero) is 1. The van der Waals surface area contributed by atoms with Gasteiger partial charge in [0.1, 0.15) is 0 Å². The Morgan fingerprint density at radius 2 is 1.88 bits per heavy atom. The number of guanidine groups is 1. The highest BCUT2D eigenvalue weighted by Crippen LogP contribution is 2.17. The number of nitrogens with two attached hydrogens (primary N) is 1. The molecular weight excluding hydrogens is 417 g/mol. The minimum absolute atomic E-state index is 0. The number of aliphatic imine (C=N–C) groups is 1. The summed E-state index contributed by atoms with van der Waals surface area (Å²) in [5.41, 5.74) is 7.56. The topological polar surface area (TPSA) is 180 Å². The van der Waals surface area contributed by atoms with Crippen LogP contribution in [-0.4, -0.2) is 52.3 Å². The Labute approximate surface area is 188 Å². The predicted octanol–water partition coefficient (Wildman–Crippen LogP) is 0.931. The SMILES string of the molecule is C.CC(C)C[C@H](NC(=O)[C@H](CCCN=C(N)N[N+](=O)[O-])CC(=O)c1ccccc1)B(O)O.